The van der Waals surface area contributed by atoms with Gasteiger partial charge in [0.15, 0.2) is 5.78 Å². The maximum Gasteiger partial charge on any atom is 0.322 e. The fraction of sp³-hybridized carbons (Fsp3) is 0.333. The molecule has 2 aliphatic rings. The van der Waals surface area contributed by atoms with E-state index in [0.717, 1.165) is 15.6 Å². The number of piperazine rings is 1. The molecule has 0 aliphatic carbocycles. The Hall–Kier alpha value is -3.73. The zero-order valence-corrected chi connectivity index (χ0v) is 27.0. The van der Waals surface area contributed by atoms with Crippen molar-refractivity contribution in [3.63, 3.8) is 0 Å². The maximum atomic E-state index is 14.5. The smallest absolute Gasteiger partial charge is 0.322 e. The molecular formula is C33H34BrClN4O5. The molecule has 0 spiro atoms. The number of urea groups is 1. The molecule has 230 valence electrons. The minimum atomic E-state index is -0.724. The summed E-state index contributed by atoms with van der Waals surface area (Å²) < 4.78 is 7.31. The molecule has 9 nitrogen and oxygen atoms in total. The second-order valence-electron chi connectivity index (χ2n) is 11.8. The third-order valence-corrected chi connectivity index (χ3v) is 8.26. The lowest BCUT2D eigenvalue weighted by molar-refractivity contribution is -0.123. The van der Waals surface area contributed by atoms with Gasteiger partial charge < -0.3 is 19.7 Å². The van der Waals surface area contributed by atoms with Crippen LogP contribution in [0.4, 0.5) is 4.79 Å². The van der Waals surface area contributed by atoms with E-state index in [1.807, 2.05) is 63.2 Å². The molecule has 2 aliphatic heterocycles. The van der Waals surface area contributed by atoms with Crippen LogP contribution in [-0.2, 0) is 9.59 Å². The molecule has 0 aromatic heterocycles. The van der Waals surface area contributed by atoms with E-state index in [1.165, 1.54) is 0 Å². The van der Waals surface area contributed by atoms with E-state index in [0.29, 0.717) is 41.3 Å². The van der Waals surface area contributed by atoms with Crippen molar-refractivity contribution in [1.29, 1.82) is 0 Å². The van der Waals surface area contributed by atoms with E-state index in [1.54, 1.807) is 34.1 Å². The molecule has 3 unspecified atom stereocenters. The van der Waals surface area contributed by atoms with Gasteiger partial charge in [-0.15, -0.1) is 0 Å². The number of rotatable bonds is 7. The number of ketones is 1. The van der Waals surface area contributed by atoms with Crippen LogP contribution in [0, 0.1) is 0 Å². The molecule has 0 bridgehead atoms. The third-order valence-electron chi connectivity index (χ3n) is 7.50. The number of carbonyl (C=O) groups is 4. The van der Waals surface area contributed by atoms with Crippen molar-refractivity contribution in [1.82, 2.24) is 20.4 Å². The SMILES string of the molecule is CC(C)(C)Oc1cc(C(=O)CC=O)ccc1C1NC(c2ccc(Br)cc2)C(c2cccc(Cl)c2)N1C(=O)N1CCNC(=O)C1. The first-order valence-electron chi connectivity index (χ1n) is 14.4. The Morgan fingerprint density at radius 3 is 2.48 bits per heavy atom. The molecule has 5 rings (SSSR count). The van der Waals surface area contributed by atoms with Crippen LogP contribution < -0.4 is 15.4 Å². The number of hydrogen-bond donors (Lipinski definition) is 2. The number of aldehydes is 1. The molecule has 3 atom stereocenters. The van der Waals surface area contributed by atoms with Crippen LogP contribution >= 0.6 is 27.5 Å². The Morgan fingerprint density at radius 2 is 1.82 bits per heavy atom. The van der Waals surface area contributed by atoms with Gasteiger partial charge in [-0.1, -0.05) is 63.9 Å². The first kappa shape index (κ1) is 31.7. The van der Waals surface area contributed by atoms with Crippen LogP contribution in [0.3, 0.4) is 0 Å². The molecule has 44 heavy (non-hydrogen) atoms. The van der Waals surface area contributed by atoms with Crippen LogP contribution in [0.1, 0.15) is 72.5 Å². The highest BCUT2D eigenvalue weighted by molar-refractivity contribution is 9.10. The summed E-state index contributed by atoms with van der Waals surface area (Å²) in [6.07, 6.45) is -0.398. The van der Waals surface area contributed by atoms with Crippen LogP contribution in [0.5, 0.6) is 5.75 Å². The largest absolute Gasteiger partial charge is 0.488 e. The summed E-state index contributed by atoms with van der Waals surface area (Å²) in [4.78, 5) is 54.0. The minimum Gasteiger partial charge on any atom is -0.488 e. The van der Waals surface area contributed by atoms with Gasteiger partial charge >= 0.3 is 6.03 Å². The summed E-state index contributed by atoms with van der Waals surface area (Å²) in [5.41, 5.74) is 2.07. The first-order chi connectivity index (χ1) is 20.9. The molecule has 3 aromatic rings. The summed E-state index contributed by atoms with van der Waals surface area (Å²) in [5, 5.41) is 7.01. The zero-order valence-electron chi connectivity index (χ0n) is 24.7. The molecule has 0 radical (unpaired) electrons. The number of halogens is 2. The van der Waals surface area contributed by atoms with Gasteiger partial charge in [0.1, 0.15) is 30.3 Å². The Labute approximate surface area is 270 Å². The molecule has 2 saturated heterocycles. The minimum absolute atomic E-state index is 0.0717. The lowest BCUT2D eigenvalue weighted by atomic mass is 9.94. The van der Waals surface area contributed by atoms with Crippen LogP contribution in [-0.4, -0.2) is 59.0 Å². The van der Waals surface area contributed by atoms with Crippen LogP contribution in [0.25, 0.3) is 0 Å². The number of carbonyl (C=O) groups excluding carboxylic acids is 4. The van der Waals surface area contributed by atoms with Crippen LogP contribution in [0.15, 0.2) is 71.2 Å². The lowest BCUT2D eigenvalue weighted by Crippen LogP contribution is -2.54. The number of ether oxygens (including phenoxy) is 1. The van der Waals surface area contributed by atoms with E-state index in [2.05, 4.69) is 26.6 Å². The molecule has 0 saturated carbocycles. The fourth-order valence-electron chi connectivity index (χ4n) is 5.63. The van der Waals surface area contributed by atoms with Gasteiger partial charge in [0, 0.05) is 33.7 Å². The quantitative estimate of drug-likeness (QED) is 0.180. The second-order valence-corrected chi connectivity index (χ2v) is 13.2. The number of nitrogens with one attached hydrogen (secondary N) is 2. The second kappa shape index (κ2) is 13.1. The molecule has 2 fully saturated rings. The molecular weight excluding hydrogens is 648 g/mol. The highest BCUT2D eigenvalue weighted by Gasteiger charge is 2.48. The highest BCUT2D eigenvalue weighted by atomic mass is 79.9. The standard InChI is InChI=1S/C33H34BrClN4O5/c1-33(2,3)44-27-18-21(26(41)13-16-40)9-12-25(27)31-37-29(20-7-10-23(34)11-8-20)30(22-5-4-6-24(35)17-22)39(31)32(43)38-15-14-36-28(42)19-38/h4-12,16-18,29-31,37H,13-15,19H2,1-3H3,(H,36,42). The predicted octanol–water partition coefficient (Wildman–Crippen LogP) is 5.99. The molecule has 3 amide bonds. The van der Waals surface area contributed by atoms with E-state index < -0.39 is 17.8 Å². The van der Waals surface area contributed by atoms with E-state index in [4.69, 9.17) is 16.3 Å². The summed E-state index contributed by atoms with van der Waals surface area (Å²) >= 11 is 10.0. The number of hydrogen-bond acceptors (Lipinski definition) is 6. The van der Waals surface area contributed by atoms with Gasteiger partial charge in [0.25, 0.3) is 0 Å². The Balaban J connectivity index is 1.70. The number of benzene rings is 3. The monoisotopic (exact) mass is 680 g/mol. The average Bonchev–Trinajstić information content (AvgIpc) is 3.37. The zero-order chi connectivity index (χ0) is 31.6. The third kappa shape index (κ3) is 6.98. The Bertz CT molecular complexity index is 1580. The maximum absolute atomic E-state index is 14.5. The highest BCUT2D eigenvalue weighted by Crippen LogP contribution is 2.48. The van der Waals surface area contributed by atoms with Crippen molar-refractivity contribution < 1.29 is 23.9 Å². The average molecular weight is 682 g/mol. The first-order valence-corrected chi connectivity index (χ1v) is 15.5. The summed E-state index contributed by atoms with van der Waals surface area (Å²) in [7, 11) is 0. The summed E-state index contributed by atoms with van der Waals surface area (Å²) in [6, 6.07) is 19.1. The van der Waals surface area contributed by atoms with Crippen molar-refractivity contribution in [3.8, 4) is 5.75 Å². The van der Waals surface area contributed by atoms with E-state index in [9.17, 15) is 19.2 Å². The van der Waals surface area contributed by atoms with Gasteiger partial charge in [-0.3, -0.25) is 19.8 Å². The lowest BCUT2D eigenvalue weighted by Gasteiger charge is -2.37. The van der Waals surface area contributed by atoms with Gasteiger partial charge in [-0.2, -0.15) is 0 Å². The van der Waals surface area contributed by atoms with Crippen molar-refractivity contribution in [2.24, 2.45) is 0 Å². The van der Waals surface area contributed by atoms with Crippen molar-refractivity contribution >= 4 is 51.5 Å². The summed E-state index contributed by atoms with van der Waals surface area (Å²) in [5.74, 6) is -0.157. The Morgan fingerprint density at radius 1 is 1.07 bits per heavy atom. The molecule has 2 N–H and O–H groups in total. The van der Waals surface area contributed by atoms with E-state index >= 15 is 0 Å². The number of Topliss-reactive ketones (excluding diaryl/α,β-unsaturated/α-hetero) is 1. The van der Waals surface area contributed by atoms with Crippen molar-refractivity contribution in [3.05, 3.63) is 98.5 Å². The molecule has 3 aromatic carbocycles. The van der Waals surface area contributed by atoms with Gasteiger partial charge in [0.2, 0.25) is 5.91 Å². The Kier molecular flexibility index (Phi) is 9.43. The van der Waals surface area contributed by atoms with Gasteiger partial charge in [0.05, 0.1) is 18.5 Å². The van der Waals surface area contributed by atoms with Crippen molar-refractivity contribution in [2.75, 3.05) is 19.6 Å². The molecule has 11 heteroatoms. The summed E-state index contributed by atoms with van der Waals surface area (Å²) in [6.45, 7) is 6.32. The van der Waals surface area contributed by atoms with E-state index in [-0.39, 0.29) is 36.7 Å². The normalized spacial score (nSPS) is 20.3. The van der Waals surface area contributed by atoms with Crippen molar-refractivity contribution in [2.45, 2.75) is 51.0 Å². The fourth-order valence-corrected chi connectivity index (χ4v) is 6.10. The molecule has 2 heterocycles. The number of nitrogens with zero attached hydrogens (tertiary/aromatic N) is 2. The van der Waals surface area contributed by atoms with Gasteiger partial charge in [-0.25, -0.2) is 4.79 Å². The van der Waals surface area contributed by atoms with Crippen LogP contribution in [0.2, 0.25) is 5.02 Å². The van der Waals surface area contributed by atoms with Gasteiger partial charge in [-0.05, 0) is 62.2 Å². The predicted molar refractivity (Wildman–Crippen MR) is 171 cm³/mol. The number of amides is 3. The topological polar surface area (TPSA) is 108 Å².